The lowest BCUT2D eigenvalue weighted by Gasteiger charge is -2.39. The first-order valence-corrected chi connectivity index (χ1v) is 9.83. The molecule has 0 radical (unpaired) electrons. The zero-order valence-electron chi connectivity index (χ0n) is 14.6. The molecule has 1 amide bonds. The summed E-state index contributed by atoms with van der Waals surface area (Å²) >= 11 is 7.36. The van der Waals surface area contributed by atoms with Crippen molar-refractivity contribution in [1.29, 1.82) is 0 Å². The van der Waals surface area contributed by atoms with Crippen molar-refractivity contribution in [3.8, 4) is 0 Å². The maximum absolute atomic E-state index is 12.2. The molecule has 134 valence electrons. The standard InChI is InChI=1S/C18H23ClN4OS/c1-3-4-17(24)23-10-9-22(12-13(23)2)18-20-16(21-25-18)11-14-5-7-15(19)8-6-14/h5-8,13H,3-4,9-12H2,1-2H3/t13-/m0/s1. The number of hydrogen-bond donors (Lipinski definition) is 0. The van der Waals surface area contributed by atoms with Gasteiger partial charge in [0.1, 0.15) is 5.82 Å². The van der Waals surface area contributed by atoms with Crippen LogP contribution in [0.4, 0.5) is 5.13 Å². The molecular formula is C18H23ClN4OS. The van der Waals surface area contributed by atoms with Gasteiger partial charge in [-0.05, 0) is 31.0 Å². The van der Waals surface area contributed by atoms with Crippen LogP contribution in [0.5, 0.6) is 0 Å². The van der Waals surface area contributed by atoms with Gasteiger partial charge in [0, 0.05) is 55.1 Å². The van der Waals surface area contributed by atoms with Gasteiger partial charge in [-0.15, -0.1) is 0 Å². The summed E-state index contributed by atoms with van der Waals surface area (Å²) in [6.45, 7) is 6.53. The Bertz CT molecular complexity index is 718. The molecule has 3 rings (SSSR count). The summed E-state index contributed by atoms with van der Waals surface area (Å²) < 4.78 is 4.49. The van der Waals surface area contributed by atoms with E-state index in [1.165, 1.54) is 11.5 Å². The Morgan fingerprint density at radius 3 is 2.76 bits per heavy atom. The van der Waals surface area contributed by atoms with Crippen LogP contribution in [0.3, 0.4) is 0 Å². The summed E-state index contributed by atoms with van der Waals surface area (Å²) in [5, 5.41) is 1.68. The van der Waals surface area contributed by atoms with Crippen molar-refractivity contribution in [2.45, 2.75) is 39.2 Å². The van der Waals surface area contributed by atoms with Crippen molar-refractivity contribution in [1.82, 2.24) is 14.3 Å². The molecule has 7 heteroatoms. The van der Waals surface area contributed by atoms with E-state index >= 15 is 0 Å². The molecule has 1 fully saturated rings. The molecule has 2 heterocycles. The van der Waals surface area contributed by atoms with Gasteiger partial charge in [-0.3, -0.25) is 4.79 Å². The molecule has 0 unspecified atom stereocenters. The van der Waals surface area contributed by atoms with Crippen LogP contribution in [-0.4, -0.2) is 45.8 Å². The highest BCUT2D eigenvalue weighted by Crippen LogP contribution is 2.23. The summed E-state index contributed by atoms with van der Waals surface area (Å²) in [6, 6.07) is 7.99. The molecule has 1 aliphatic rings. The number of carbonyl (C=O) groups is 1. The van der Waals surface area contributed by atoms with E-state index in [1.54, 1.807) is 0 Å². The topological polar surface area (TPSA) is 49.3 Å². The second kappa shape index (κ2) is 8.15. The zero-order chi connectivity index (χ0) is 17.8. The average Bonchev–Trinajstić information content (AvgIpc) is 3.05. The van der Waals surface area contributed by atoms with Gasteiger partial charge in [0.05, 0.1) is 0 Å². The smallest absolute Gasteiger partial charge is 0.222 e. The van der Waals surface area contributed by atoms with E-state index in [2.05, 4.69) is 21.2 Å². The largest absolute Gasteiger partial charge is 0.343 e. The molecule has 25 heavy (non-hydrogen) atoms. The molecular weight excluding hydrogens is 356 g/mol. The Balaban J connectivity index is 1.61. The van der Waals surface area contributed by atoms with Crippen LogP contribution < -0.4 is 4.90 Å². The number of rotatable bonds is 5. The van der Waals surface area contributed by atoms with Gasteiger partial charge in [0.15, 0.2) is 0 Å². The van der Waals surface area contributed by atoms with Crippen molar-refractivity contribution >= 4 is 34.2 Å². The first-order valence-electron chi connectivity index (χ1n) is 8.68. The normalized spacial score (nSPS) is 17.8. The molecule has 0 aliphatic carbocycles. The van der Waals surface area contributed by atoms with Crippen LogP contribution in [0.1, 0.15) is 38.1 Å². The van der Waals surface area contributed by atoms with Gasteiger partial charge < -0.3 is 9.80 Å². The van der Waals surface area contributed by atoms with Crippen molar-refractivity contribution in [2.75, 3.05) is 24.5 Å². The van der Waals surface area contributed by atoms with Crippen LogP contribution in [0.15, 0.2) is 24.3 Å². The van der Waals surface area contributed by atoms with Crippen LogP contribution in [0, 0.1) is 0 Å². The number of nitrogens with zero attached hydrogens (tertiary/aromatic N) is 4. The second-order valence-electron chi connectivity index (χ2n) is 6.43. The van der Waals surface area contributed by atoms with Crippen LogP contribution >= 0.6 is 23.1 Å². The Morgan fingerprint density at radius 2 is 2.08 bits per heavy atom. The molecule has 1 aromatic heterocycles. The Kier molecular flexibility index (Phi) is 5.91. The summed E-state index contributed by atoms with van der Waals surface area (Å²) in [4.78, 5) is 21.1. The predicted octanol–water partition coefficient (Wildman–Crippen LogP) is 3.62. The minimum Gasteiger partial charge on any atom is -0.343 e. The number of amides is 1. The maximum Gasteiger partial charge on any atom is 0.222 e. The molecule has 0 saturated carbocycles. The van der Waals surface area contributed by atoms with Crippen molar-refractivity contribution in [2.24, 2.45) is 0 Å². The third kappa shape index (κ3) is 4.50. The molecule has 1 aliphatic heterocycles. The highest BCUT2D eigenvalue weighted by Gasteiger charge is 2.28. The minimum atomic E-state index is 0.205. The van der Waals surface area contributed by atoms with E-state index in [9.17, 15) is 4.79 Å². The average molecular weight is 379 g/mol. The monoisotopic (exact) mass is 378 g/mol. The van der Waals surface area contributed by atoms with E-state index < -0.39 is 0 Å². The SMILES string of the molecule is CCCC(=O)N1CCN(c2nc(Cc3ccc(Cl)cc3)ns2)C[C@@H]1C. The van der Waals surface area contributed by atoms with Crippen LogP contribution in [0.25, 0.3) is 0 Å². The van der Waals surface area contributed by atoms with E-state index in [-0.39, 0.29) is 11.9 Å². The number of benzene rings is 1. The summed E-state index contributed by atoms with van der Waals surface area (Å²) in [6.07, 6.45) is 2.24. The van der Waals surface area contributed by atoms with Gasteiger partial charge >= 0.3 is 0 Å². The Hall–Kier alpha value is -1.66. The van der Waals surface area contributed by atoms with Crippen molar-refractivity contribution in [3.05, 3.63) is 40.7 Å². The van der Waals surface area contributed by atoms with Gasteiger partial charge in [-0.1, -0.05) is 30.7 Å². The number of anilines is 1. The molecule has 0 N–H and O–H groups in total. The Morgan fingerprint density at radius 1 is 1.32 bits per heavy atom. The highest BCUT2D eigenvalue weighted by atomic mass is 35.5. The fourth-order valence-corrected chi connectivity index (χ4v) is 3.94. The molecule has 1 atom stereocenters. The fraction of sp³-hybridized carbons (Fsp3) is 0.500. The number of aromatic nitrogens is 2. The van der Waals surface area contributed by atoms with Gasteiger partial charge in [0.25, 0.3) is 0 Å². The van der Waals surface area contributed by atoms with Gasteiger partial charge in [-0.2, -0.15) is 4.37 Å². The molecule has 2 aromatic rings. The number of piperazine rings is 1. The lowest BCUT2D eigenvalue weighted by atomic mass is 10.1. The molecule has 1 saturated heterocycles. The summed E-state index contributed by atoms with van der Waals surface area (Å²) in [5.74, 6) is 1.09. The van der Waals surface area contributed by atoms with Crippen LogP contribution in [0.2, 0.25) is 5.02 Å². The third-order valence-electron chi connectivity index (χ3n) is 4.42. The highest BCUT2D eigenvalue weighted by molar-refractivity contribution is 7.09. The second-order valence-corrected chi connectivity index (χ2v) is 7.60. The maximum atomic E-state index is 12.2. The van der Waals surface area contributed by atoms with Crippen LogP contribution in [-0.2, 0) is 11.2 Å². The Labute approximate surface area is 157 Å². The zero-order valence-corrected chi connectivity index (χ0v) is 16.2. The van der Waals surface area contributed by atoms with E-state index in [0.29, 0.717) is 12.8 Å². The summed E-state index contributed by atoms with van der Waals surface area (Å²) in [7, 11) is 0. The molecule has 1 aromatic carbocycles. The number of halogens is 1. The lowest BCUT2D eigenvalue weighted by Crippen LogP contribution is -2.54. The van der Waals surface area contributed by atoms with Gasteiger partial charge in [-0.25, -0.2) is 4.98 Å². The third-order valence-corrected chi connectivity index (χ3v) is 5.48. The minimum absolute atomic E-state index is 0.205. The quantitative estimate of drug-likeness (QED) is 0.797. The molecule has 5 nitrogen and oxygen atoms in total. The van der Waals surface area contributed by atoms with E-state index in [1.807, 2.05) is 36.1 Å². The predicted molar refractivity (Wildman–Crippen MR) is 102 cm³/mol. The summed E-state index contributed by atoms with van der Waals surface area (Å²) in [5.41, 5.74) is 1.15. The van der Waals surface area contributed by atoms with Crippen molar-refractivity contribution < 1.29 is 4.79 Å². The lowest BCUT2D eigenvalue weighted by molar-refractivity contribution is -0.133. The van der Waals surface area contributed by atoms with Crippen molar-refractivity contribution in [3.63, 3.8) is 0 Å². The first kappa shape index (κ1) is 18.1. The van der Waals surface area contributed by atoms with E-state index in [0.717, 1.165) is 47.6 Å². The number of hydrogen-bond acceptors (Lipinski definition) is 5. The number of carbonyl (C=O) groups excluding carboxylic acids is 1. The van der Waals surface area contributed by atoms with Gasteiger partial charge in [0.2, 0.25) is 11.0 Å². The molecule has 0 bridgehead atoms. The van der Waals surface area contributed by atoms with E-state index in [4.69, 9.17) is 11.6 Å². The fourth-order valence-electron chi connectivity index (χ4n) is 3.09. The first-order chi connectivity index (χ1) is 12.1. The molecule has 0 spiro atoms.